The maximum absolute atomic E-state index is 13.3. The lowest BCUT2D eigenvalue weighted by molar-refractivity contribution is -0.274. The van der Waals surface area contributed by atoms with Gasteiger partial charge in [0.05, 0.1) is 13.0 Å². The molecule has 31 heavy (non-hydrogen) atoms. The van der Waals surface area contributed by atoms with E-state index in [1.54, 1.807) is 0 Å². The second kappa shape index (κ2) is 10.8. The van der Waals surface area contributed by atoms with E-state index in [2.05, 4.69) is 4.74 Å². The van der Waals surface area contributed by atoms with Crippen LogP contribution < -0.4 is 5.32 Å². The Hall–Kier alpha value is -2.29. The number of amides is 2. The fourth-order valence-electron chi connectivity index (χ4n) is 1.96. The van der Waals surface area contributed by atoms with Gasteiger partial charge >= 0.3 is 36.1 Å². The lowest BCUT2D eigenvalue weighted by Crippen LogP contribution is -2.53. The Labute approximate surface area is 168 Å². The number of rotatable bonds is 11. The molecule has 0 radical (unpaired) electrons. The van der Waals surface area contributed by atoms with Gasteiger partial charge in [-0.15, -0.1) is 0 Å². The van der Waals surface area contributed by atoms with E-state index in [9.17, 15) is 58.3 Å². The highest BCUT2D eigenvalue weighted by Crippen LogP contribution is 2.37. The van der Waals surface area contributed by atoms with E-state index in [0.717, 1.165) is 0 Å². The Balaban J connectivity index is 4.94. The number of carbonyl (C=O) groups is 3. The van der Waals surface area contributed by atoms with Crippen molar-refractivity contribution < 1.29 is 63.0 Å². The minimum absolute atomic E-state index is 0.0173. The van der Waals surface area contributed by atoms with Gasteiger partial charge in [0.25, 0.3) is 5.91 Å². The standard InChI is InChI=1S/C15H18F10N2O4/c1-2-31-9(28)5-8-27(11(30)13(18,19)15(23,24)25)7-4-3-6-26-10(29)12(16,17)14(20,21)22/h2-8H2,1H3,(H,26,29). The molecule has 0 saturated carbocycles. The number of hydrogen-bond donors (Lipinski definition) is 1. The van der Waals surface area contributed by atoms with Gasteiger partial charge < -0.3 is 15.0 Å². The number of nitrogens with one attached hydrogen (secondary N) is 1. The van der Waals surface area contributed by atoms with Gasteiger partial charge in [-0.1, -0.05) is 0 Å². The zero-order valence-electron chi connectivity index (χ0n) is 15.8. The van der Waals surface area contributed by atoms with Gasteiger partial charge in [-0.05, 0) is 19.8 Å². The SMILES string of the molecule is CCOC(=O)CCN(CCCCNC(=O)C(F)(F)C(F)(F)F)C(=O)C(F)(F)C(F)(F)F. The molecule has 0 atom stereocenters. The van der Waals surface area contributed by atoms with Gasteiger partial charge in [0.15, 0.2) is 0 Å². The van der Waals surface area contributed by atoms with Crippen molar-refractivity contribution in [3.8, 4) is 0 Å². The average Bonchev–Trinajstić information content (AvgIpc) is 2.61. The van der Waals surface area contributed by atoms with E-state index >= 15 is 0 Å². The summed E-state index contributed by atoms with van der Waals surface area (Å²) in [6.45, 7) is -1.31. The summed E-state index contributed by atoms with van der Waals surface area (Å²) in [6, 6.07) is 0. The molecule has 0 aliphatic rings. The number of carbonyl (C=O) groups excluding carboxylic acids is 3. The lowest BCUT2D eigenvalue weighted by atomic mass is 10.2. The van der Waals surface area contributed by atoms with Crippen LogP contribution in [0.2, 0.25) is 0 Å². The van der Waals surface area contributed by atoms with Crippen molar-refractivity contribution in [1.82, 2.24) is 10.2 Å². The normalized spacial score (nSPS) is 13.0. The largest absolute Gasteiger partial charge is 0.466 e. The minimum Gasteiger partial charge on any atom is -0.466 e. The Morgan fingerprint density at radius 2 is 1.32 bits per heavy atom. The predicted octanol–water partition coefficient (Wildman–Crippen LogP) is 3.06. The van der Waals surface area contributed by atoms with Crippen LogP contribution in [0.5, 0.6) is 0 Å². The first-order chi connectivity index (χ1) is 13.9. The van der Waals surface area contributed by atoms with Crippen LogP contribution in [0.3, 0.4) is 0 Å². The predicted molar refractivity (Wildman–Crippen MR) is 82.1 cm³/mol. The van der Waals surface area contributed by atoms with Crippen molar-refractivity contribution in [2.75, 3.05) is 26.2 Å². The number of ether oxygens (including phenoxy) is 1. The Bertz CT molecular complexity index is 634. The van der Waals surface area contributed by atoms with Crippen LogP contribution in [0, 0.1) is 0 Å². The van der Waals surface area contributed by atoms with Gasteiger partial charge in [0.2, 0.25) is 0 Å². The van der Waals surface area contributed by atoms with Crippen LogP contribution in [0.1, 0.15) is 26.2 Å². The highest BCUT2D eigenvalue weighted by Gasteiger charge is 2.65. The van der Waals surface area contributed by atoms with E-state index in [1.165, 1.54) is 12.2 Å². The van der Waals surface area contributed by atoms with Crippen molar-refractivity contribution in [2.45, 2.75) is 50.4 Å². The number of alkyl halides is 10. The molecule has 6 nitrogen and oxygen atoms in total. The van der Waals surface area contributed by atoms with Crippen LogP contribution in [0.15, 0.2) is 0 Å². The number of hydrogen-bond acceptors (Lipinski definition) is 4. The third-order valence-electron chi connectivity index (χ3n) is 3.58. The van der Waals surface area contributed by atoms with E-state index in [4.69, 9.17) is 0 Å². The second-order valence-electron chi connectivity index (χ2n) is 5.95. The monoisotopic (exact) mass is 480 g/mol. The number of unbranched alkanes of at least 4 members (excludes halogenated alkanes) is 1. The molecule has 0 unspecified atom stereocenters. The van der Waals surface area contributed by atoms with Gasteiger partial charge in [-0.3, -0.25) is 14.4 Å². The number of esters is 1. The van der Waals surface area contributed by atoms with Crippen molar-refractivity contribution in [2.24, 2.45) is 0 Å². The average molecular weight is 480 g/mol. The molecule has 0 bridgehead atoms. The quantitative estimate of drug-likeness (QED) is 0.280. The Morgan fingerprint density at radius 1 is 0.806 bits per heavy atom. The highest BCUT2D eigenvalue weighted by molar-refractivity contribution is 5.85. The molecule has 0 aromatic carbocycles. The summed E-state index contributed by atoms with van der Waals surface area (Å²) in [5, 5.41) is 1.24. The van der Waals surface area contributed by atoms with Crippen LogP contribution in [0.25, 0.3) is 0 Å². The molecular weight excluding hydrogens is 462 g/mol. The molecule has 0 spiro atoms. The summed E-state index contributed by atoms with van der Waals surface area (Å²) in [6.07, 6.45) is -14.1. The molecule has 1 N–H and O–H groups in total. The minimum atomic E-state index is -6.23. The summed E-state index contributed by atoms with van der Waals surface area (Å²) in [7, 11) is 0. The molecule has 182 valence electrons. The Kier molecular flexibility index (Phi) is 10.0. The summed E-state index contributed by atoms with van der Waals surface area (Å²) in [5.41, 5.74) is 0. The molecule has 0 heterocycles. The maximum Gasteiger partial charge on any atom is 0.463 e. The zero-order chi connectivity index (χ0) is 24.7. The highest BCUT2D eigenvalue weighted by atomic mass is 19.4. The molecule has 0 rings (SSSR count). The topological polar surface area (TPSA) is 75.7 Å². The van der Waals surface area contributed by atoms with E-state index in [0.29, 0.717) is 0 Å². The van der Waals surface area contributed by atoms with Crippen molar-refractivity contribution >= 4 is 17.8 Å². The molecule has 2 amide bonds. The third-order valence-corrected chi connectivity index (χ3v) is 3.58. The molecule has 0 fully saturated rings. The Morgan fingerprint density at radius 3 is 1.77 bits per heavy atom. The fraction of sp³-hybridized carbons (Fsp3) is 0.800. The van der Waals surface area contributed by atoms with Crippen molar-refractivity contribution in [1.29, 1.82) is 0 Å². The summed E-state index contributed by atoms with van der Waals surface area (Å²) >= 11 is 0. The molecule has 16 heteroatoms. The summed E-state index contributed by atoms with van der Waals surface area (Å²) < 4.78 is 130. The number of halogens is 10. The number of nitrogens with zero attached hydrogens (tertiary/aromatic N) is 1. The molecule has 0 aliphatic carbocycles. The second-order valence-corrected chi connectivity index (χ2v) is 5.95. The van der Waals surface area contributed by atoms with Crippen molar-refractivity contribution in [3.63, 3.8) is 0 Å². The van der Waals surface area contributed by atoms with Gasteiger partial charge in [-0.25, -0.2) is 0 Å². The van der Waals surface area contributed by atoms with E-state index in [-0.39, 0.29) is 11.5 Å². The third kappa shape index (κ3) is 8.05. The molecular formula is C15H18F10N2O4. The van der Waals surface area contributed by atoms with Crippen LogP contribution in [0.4, 0.5) is 43.9 Å². The van der Waals surface area contributed by atoms with Crippen LogP contribution in [-0.2, 0) is 19.1 Å². The molecule has 0 aromatic rings. The first kappa shape index (κ1) is 28.7. The van der Waals surface area contributed by atoms with Gasteiger partial charge in [-0.2, -0.15) is 43.9 Å². The summed E-state index contributed by atoms with van der Waals surface area (Å²) in [5.74, 6) is -17.8. The van der Waals surface area contributed by atoms with E-state index < -0.39 is 80.9 Å². The first-order valence-corrected chi connectivity index (χ1v) is 8.52. The van der Waals surface area contributed by atoms with Gasteiger partial charge in [0, 0.05) is 19.6 Å². The van der Waals surface area contributed by atoms with Crippen LogP contribution >= 0.6 is 0 Å². The van der Waals surface area contributed by atoms with Crippen LogP contribution in [-0.4, -0.2) is 73.1 Å². The smallest absolute Gasteiger partial charge is 0.463 e. The molecule has 0 aliphatic heterocycles. The van der Waals surface area contributed by atoms with E-state index in [1.807, 2.05) is 0 Å². The zero-order valence-corrected chi connectivity index (χ0v) is 15.8. The summed E-state index contributed by atoms with van der Waals surface area (Å²) in [4.78, 5) is 33.7. The maximum atomic E-state index is 13.3. The van der Waals surface area contributed by atoms with Crippen molar-refractivity contribution in [3.05, 3.63) is 0 Å². The lowest BCUT2D eigenvalue weighted by Gasteiger charge is -2.28. The first-order valence-electron chi connectivity index (χ1n) is 8.52. The molecule has 0 saturated heterocycles. The van der Waals surface area contributed by atoms with Gasteiger partial charge in [0.1, 0.15) is 0 Å². The molecule has 0 aromatic heterocycles. The fourth-order valence-corrected chi connectivity index (χ4v) is 1.96.